The number of amides is 1. The van der Waals surface area contributed by atoms with Crippen LogP contribution in [0.15, 0.2) is 48.7 Å². The number of nitrogens with two attached hydrogens (primary N) is 2. The van der Waals surface area contributed by atoms with E-state index in [4.69, 9.17) is 16.2 Å². The maximum Gasteiger partial charge on any atom is 0.221 e. The maximum absolute atomic E-state index is 11.4. The lowest BCUT2D eigenvalue weighted by Gasteiger charge is -2.30. The van der Waals surface area contributed by atoms with Crippen LogP contribution in [0.2, 0.25) is 0 Å². The summed E-state index contributed by atoms with van der Waals surface area (Å²) in [5, 5.41) is 0.985. The van der Waals surface area contributed by atoms with E-state index in [-0.39, 0.29) is 18.4 Å². The summed E-state index contributed by atoms with van der Waals surface area (Å²) in [5.74, 6) is 1.05. The molecule has 1 aliphatic carbocycles. The quantitative estimate of drug-likeness (QED) is 0.588. The van der Waals surface area contributed by atoms with Crippen LogP contribution < -0.4 is 16.2 Å². The fourth-order valence-electron chi connectivity index (χ4n) is 5.07. The molecule has 1 fully saturated rings. The normalized spacial score (nSPS) is 23.7. The number of ether oxygens (including phenoxy) is 1. The monoisotopic (exact) mass is 404 g/mol. The molecule has 1 unspecified atom stereocenters. The molecule has 0 bridgehead atoms. The van der Waals surface area contributed by atoms with Gasteiger partial charge in [0, 0.05) is 23.6 Å². The Morgan fingerprint density at radius 3 is 2.90 bits per heavy atom. The Labute approximate surface area is 176 Å². The SMILES string of the molecule is NCC1CCN([C@@H]2Cc3ccccc3[C@H]2Oc2ccc3[nH]cc(CC(N)=O)c3c2)C1. The number of primary amides is 1. The van der Waals surface area contributed by atoms with Crippen molar-refractivity contribution in [3.05, 3.63) is 65.4 Å². The molecule has 1 aliphatic heterocycles. The Bertz CT molecular complexity index is 1080. The predicted octanol–water partition coefficient (Wildman–Crippen LogP) is 2.52. The number of nitrogens with one attached hydrogen (secondary N) is 1. The van der Waals surface area contributed by atoms with Crippen molar-refractivity contribution in [3.63, 3.8) is 0 Å². The van der Waals surface area contributed by atoms with E-state index >= 15 is 0 Å². The molecule has 3 aromatic rings. The molecule has 5 rings (SSSR count). The summed E-state index contributed by atoms with van der Waals surface area (Å²) in [4.78, 5) is 17.2. The number of aromatic nitrogens is 1. The largest absolute Gasteiger partial charge is 0.484 e. The van der Waals surface area contributed by atoms with Crippen molar-refractivity contribution >= 4 is 16.8 Å². The smallest absolute Gasteiger partial charge is 0.221 e. The van der Waals surface area contributed by atoms with Crippen LogP contribution in [0.5, 0.6) is 5.75 Å². The van der Waals surface area contributed by atoms with Gasteiger partial charge in [-0.1, -0.05) is 24.3 Å². The number of rotatable bonds is 6. The molecule has 0 spiro atoms. The Hall–Kier alpha value is -2.83. The molecule has 6 heteroatoms. The molecule has 6 nitrogen and oxygen atoms in total. The molecule has 1 saturated heterocycles. The van der Waals surface area contributed by atoms with Gasteiger partial charge >= 0.3 is 0 Å². The van der Waals surface area contributed by atoms with Gasteiger partial charge in [-0.3, -0.25) is 9.69 Å². The molecule has 156 valence electrons. The van der Waals surface area contributed by atoms with Gasteiger partial charge in [-0.2, -0.15) is 0 Å². The highest BCUT2D eigenvalue weighted by Gasteiger charge is 2.40. The lowest BCUT2D eigenvalue weighted by molar-refractivity contribution is -0.117. The third-order valence-electron chi connectivity index (χ3n) is 6.63. The molecule has 5 N–H and O–H groups in total. The topological polar surface area (TPSA) is 97.4 Å². The summed E-state index contributed by atoms with van der Waals surface area (Å²) < 4.78 is 6.63. The van der Waals surface area contributed by atoms with Gasteiger partial charge < -0.3 is 21.2 Å². The van der Waals surface area contributed by atoms with Gasteiger partial charge in [0.1, 0.15) is 11.9 Å². The van der Waals surface area contributed by atoms with Gasteiger partial charge in [0.25, 0.3) is 0 Å². The minimum atomic E-state index is -0.338. The van der Waals surface area contributed by atoms with Crippen molar-refractivity contribution in [2.45, 2.75) is 31.4 Å². The fraction of sp³-hybridized carbons (Fsp3) is 0.375. The third kappa shape index (κ3) is 3.46. The lowest BCUT2D eigenvalue weighted by atomic mass is 10.1. The predicted molar refractivity (Wildman–Crippen MR) is 117 cm³/mol. The molecule has 30 heavy (non-hydrogen) atoms. The number of fused-ring (bicyclic) bond motifs is 2. The summed E-state index contributed by atoms with van der Waals surface area (Å²) in [7, 11) is 0. The van der Waals surface area contributed by atoms with Crippen molar-refractivity contribution in [2.75, 3.05) is 19.6 Å². The van der Waals surface area contributed by atoms with E-state index in [0.717, 1.165) is 54.7 Å². The summed E-state index contributed by atoms with van der Waals surface area (Å²) >= 11 is 0. The number of H-pyrrole nitrogens is 1. The molecule has 2 aromatic carbocycles. The van der Waals surface area contributed by atoms with Crippen LogP contribution in [0.3, 0.4) is 0 Å². The van der Waals surface area contributed by atoms with Crippen molar-refractivity contribution in [3.8, 4) is 5.75 Å². The van der Waals surface area contributed by atoms with Crippen molar-refractivity contribution < 1.29 is 9.53 Å². The number of benzene rings is 2. The van der Waals surface area contributed by atoms with Crippen LogP contribution in [-0.4, -0.2) is 41.5 Å². The zero-order valence-electron chi connectivity index (χ0n) is 17.0. The first kappa shape index (κ1) is 19.2. The first-order chi connectivity index (χ1) is 14.6. The number of hydrogen-bond acceptors (Lipinski definition) is 4. The number of likely N-dealkylation sites (tertiary alicyclic amines) is 1. The first-order valence-electron chi connectivity index (χ1n) is 10.7. The second kappa shape index (κ2) is 7.78. The van der Waals surface area contributed by atoms with Gasteiger partial charge in [-0.25, -0.2) is 0 Å². The third-order valence-corrected chi connectivity index (χ3v) is 6.63. The van der Waals surface area contributed by atoms with Crippen molar-refractivity contribution in [1.29, 1.82) is 0 Å². The fourth-order valence-corrected chi connectivity index (χ4v) is 5.07. The number of nitrogens with zero attached hydrogens (tertiary/aromatic N) is 1. The summed E-state index contributed by atoms with van der Waals surface area (Å²) in [6.45, 7) is 2.85. The molecular formula is C24H28N4O2. The molecule has 1 aromatic heterocycles. The Morgan fingerprint density at radius 2 is 2.10 bits per heavy atom. The second-order valence-corrected chi connectivity index (χ2v) is 8.56. The molecule has 2 heterocycles. The van der Waals surface area contributed by atoms with E-state index in [2.05, 4.69) is 34.1 Å². The summed E-state index contributed by atoms with van der Waals surface area (Å²) in [6.07, 6.45) is 4.20. The van der Waals surface area contributed by atoms with Gasteiger partial charge in [0.15, 0.2) is 0 Å². The van der Waals surface area contributed by atoms with Crippen molar-refractivity contribution in [1.82, 2.24) is 9.88 Å². The molecular weight excluding hydrogens is 376 g/mol. The number of hydrogen-bond donors (Lipinski definition) is 3. The Morgan fingerprint density at radius 1 is 1.23 bits per heavy atom. The zero-order valence-corrected chi connectivity index (χ0v) is 17.0. The van der Waals surface area contributed by atoms with Crippen LogP contribution in [0.4, 0.5) is 0 Å². The summed E-state index contributed by atoms with van der Waals surface area (Å²) in [5.41, 5.74) is 15.9. The average Bonchev–Trinajstić information content (AvgIpc) is 3.45. The minimum absolute atomic E-state index is 0.0197. The van der Waals surface area contributed by atoms with Crippen LogP contribution in [0.25, 0.3) is 10.9 Å². The maximum atomic E-state index is 11.4. The molecule has 3 atom stereocenters. The van der Waals surface area contributed by atoms with E-state index in [1.165, 1.54) is 11.1 Å². The Balaban J connectivity index is 1.45. The number of aromatic amines is 1. The molecule has 1 amide bonds. The van der Waals surface area contributed by atoms with Gasteiger partial charge in [-0.15, -0.1) is 0 Å². The number of carbonyl (C=O) groups excluding carboxylic acids is 1. The van der Waals surface area contributed by atoms with Gasteiger partial charge in [-0.05, 0) is 66.7 Å². The van der Waals surface area contributed by atoms with E-state index in [1.54, 1.807) is 0 Å². The average molecular weight is 405 g/mol. The van der Waals surface area contributed by atoms with E-state index in [9.17, 15) is 4.79 Å². The standard InChI is InChI=1S/C24H28N4O2/c25-12-15-7-8-28(14-15)22-9-16-3-1-2-4-19(16)24(22)30-18-5-6-21-20(11-18)17(13-27-21)10-23(26)29/h1-6,11,13,15,22,24,27H,7-10,12,14,25H2,(H2,26,29)/t15?,22-,24-/m1/s1. The minimum Gasteiger partial charge on any atom is -0.484 e. The summed E-state index contributed by atoms with van der Waals surface area (Å²) in [6, 6.07) is 14.9. The molecule has 2 aliphatic rings. The van der Waals surface area contributed by atoms with E-state index < -0.39 is 0 Å². The molecule has 0 saturated carbocycles. The van der Waals surface area contributed by atoms with Crippen LogP contribution >= 0.6 is 0 Å². The van der Waals surface area contributed by atoms with Crippen LogP contribution in [0, 0.1) is 5.92 Å². The molecule has 0 radical (unpaired) electrons. The van der Waals surface area contributed by atoms with Gasteiger partial charge in [0.2, 0.25) is 5.91 Å². The van der Waals surface area contributed by atoms with E-state index in [0.29, 0.717) is 12.0 Å². The van der Waals surface area contributed by atoms with Crippen LogP contribution in [0.1, 0.15) is 29.2 Å². The van der Waals surface area contributed by atoms with Crippen LogP contribution in [-0.2, 0) is 17.6 Å². The number of carbonyl (C=O) groups is 1. The highest BCUT2D eigenvalue weighted by atomic mass is 16.5. The Kier molecular flexibility index (Phi) is 4.97. The second-order valence-electron chi connectivity index (χ2n) is 8.56. The highest BCUT2D eigenvalue weighted by Crippen LogP contribution is 2.40. The zero-order chi connectivity index (χ0) is 20.7. The highest BCUT2D eigenvalue weighted by molar-refractivity contribution is 5.89. The first-order valence-corrected chi connectivity index (χ1v) is 10.7. The lowest BCUT2D eigenvalue weighted by Crippen LogP contribution is -2.39. The van der Waals surface area contributed by atoms with E-state index in [1.807, 2.05) is 24.4 Å². The van der Waals surface area contributed by atoms with Crippen molar-refractivity contribution in [2.24, 2.45) is 17.4 Å². The van der Waals surface area contributed by atoms with Gasteiger partial charge in [0.05, 0.1) is 12.5 Å².